The quantitative estimate of drug-likeness (QED) is 0.693. The number of rotatable bonds is 7. The zero-order valence-corrected chi connectivity index (χ0v) is 16.9. The molecule has 0 saturated carbocycles. The van der Waals surface area contributed by atoms with Gasteiger partial charge in [-0.2, -0.15) is 0 Å². The van der Waals surface area contributed by atoms with Gasteiger partial charge in [-0.05, 0) is 36.8 Å². The van der Waals surface area contributed by atoms with Crippen LogP contribution in [0.4, 0.5) is 0 Å². The molecule has 0 saturated heterocycles. The SMILES string of the molecule is CNC(=O)[C@@H](C)N(Cc1ccc(Cl)c(Cl)c1)C(=O)CSc1ccccc1. The molecule has 138 valence electrons. The van der Waals surface area contributed by atoms with Gasteiger partial charge in [-0.3, -0.25) is 9.59 Å². The van der Waals surface area contributed by atoms with Crippen LogP contribution in [0.2, 0.25) is 10.0 Å². The van der Waals surface area contributed by atoms with Crippen LogP contribution in [0.3, 0.4) is 0 Å². The number of benzene rings is 2. The smallest absolute Gasteiger partial charge is 0.242 e. The predicted molar refractivity (Wildman–Crippen MR) is 108 cm³/mol. The topological polar surface area (TPSA) is 49.4 Å². The van der Waals surface area contributed by atoms with Gasteiger partial charge in [0.1, 0.15) is 6.04 Å². The van der Waals surface area contributed by atoms with Crippen molar-refractivity contribution >= 4 is 46.8 Å². The highest BCUT2D eigenvalue weighted by Crippen LogP contribution is 2.24. The largest absolute Gasteiger partial charge is 0.357 e. The van der Waals surface area contributed by atoms with Crippen LogP contribution in [0.5, 0.6) is 0 Å². The second-order valence-corrected chi connectivity index (χ2v) is 7.53. The van der Waals surface area contributed by atoms with Gasteiger partial charge in [-0.1, -0.05) is 47.5 Å². The molecule has 0 radical (unpaired) electrons. The number of hydrogen-bond acceptors (Lipinski definition) is 3. The Morgan fingerprint density at radius 3 is 2.42 bits per heavy atom. The van der Waals surface area contributed by atoms with E-state index in [-0.39, 0.29) is 24.1 Å². The van der Waals surface area contributed by atoms with Gasteiger partial charge < -0.3 is 10.2 Å². The zero-order chi connectivity index (χ0) is 19.1. The molecule has 1 atom stereocenters. The first-order valence-electron chi connectivity index (χ1n) is 8.05. The van der Waals surface area contributed by atoms with Crippen molar-refractivity contribution in [3.8, 4) is 0 Å². The van der Waals surface area contributed by atoms with Crippen molar-refractivity contribution in [3.05, 3.63) is 64.1 Å². The Morgan fingerprint density at radius 2 is 1.81 bits per heavy atom. The Bertz CT molecular complexity index is 771. The maximum absolute atomic E-state index is 12.8. The molecule has 0 heterocycles. The van der Waals surface area contributed by atoms with Crippen molar-refractivity contribution in [2.24, 2.45) is 0 Å². The Morgan fingerprint density at radius 1 is 1.12 bits per heavy atom. The molecular weight excluding hydrogens is 391 g/mol. The van der Waals surface area contributed by atoms with Gasteiger partial charge in [-0.25, -0.2) is 0 Å². The van der Waals surface area contributed by atoms with Crippen molar-refractivity contribution in [1.29, 1.82) is 0 Å². The van der Waals surface area contributed by atoms with Gasteiger partial charge in [0.05, 0.1) is 15.8 Å². The second-order valence-electron chi connectivity index (χ2n) is 5.66. The van der Waals surface area contributed by atoms with Crippen LogP contribution >= 0.6 is 35.0 Å². The Labute approximate surface area is 167 Å². The van der Waals surface area contributed by atoms with E-state index in [1.165, 1.54) is 11.8 Å². The first-order valence-corrected chi connectivity index (χ1v) is 9.79. The van der Waals surface area contributed by atoms with E-state index in [0.29, 0.717) is 10.0 Å². The summed E-state index contributed by atoms with van der Waals surface area (Å²) in [5, 5.41) is 3.46. The van der Waals surface area contributed by atoms with Crippen LogP contribution in [0.15, 0.2) is 53.4 Å². The molecule has 7 heteroatoms. The maximum Gasteiger partial charge on any atom is 0.242 e. The summed E-state index contributed by atoms with van der Waals surface area (Å²) in [4.78, 5) is 27.4. The molecule has 2 rings (SSSR count). The van der Waals surface area contributed by atoms with Gasteiger partial charge in [0.15, 0.2) is 0 Å². The van der Waals surface area contributed by atoms with E-state index in [1.807, 2.05) is 30.3 Å². The fourth-order valence-electron chi connectivity index (χ4n) is 2.37. The fourth-order valence-corrected chi connectivity index (χ4v) is 3.50. The van der Waals surface area contributed by atoms with E-state index < -0.39 is 6.04 Å². The van der Waals surface area contributed by atoms with E-state index in [4.69, 9.17) is 23.2 Å². The number of carbonyl (C=O) groups excluding carboxylic acids is 2. The van der Waals surface area contributed by atoms with Crippen molar-refractivity contribution in [2.45, 2.75) is 24.4 Å². The van der Waals surface area contributed by atoms with Crippen molar-refractivity contribution in [1.82, 2.24) is 10.2 Å². The standard InChI is InChI=1S/C19H20Cl2N2O2S/c1-13(19(25)22-2)23(11-14-8-9-16(20)17(21)10-14)18(24)12-26-15-6-4-3-5-7-15/h3-10,13H,11-12H2,1-2H3,(H,22,25)/t13-/m1/s1. The highest BCUT2D eigenvalue weighted by molar-refractivity contribution is 8.00. The van der Waals surface area contributed by atoms with E-state index in [0.717, 1.165) is 10.5 Å². The third-order valence-corrected chi connectivity index (χ3v) is 5.59. The van der Waals surface area contributed by atoms with Crippen molar-refractivity contribution in [3.63, 3.8) is 0 Å². The lowest BCUT2D eigenvalue weighted by molar-refractivity contribution is -0.138. The van der Waals surface area contributed by atoms with Crippen LogP contribution in [-0.2, 0) is 16.1 Å². The van der Waals surface area contributed by atoms with E-state index >= 15 is 0 Å². The van der Waals surface area contributed by atoms with Gasteiger partial charge in [0.2, 0.25) is 11.8 Å². The van der Waals surface area contributed by atoms with Gasteiger partial charge in [0, 0.05) is 18.5 Å². The molecule has 0 spiro atoms. The summed E-state index contributed by atoms with van der Waals surface area (Å²) >= 11 is 13.5. The maximum atomic E-state index is 12.8. The summed E-state index contributed by atoms with van der Waals surface area (Å²) in [5.74, 6) is -0.101. The molecule has 4 nitrogen and oxygen atoms in total. The lowest BCUT2D eigenvalue weighted by atomic mass is 10.1. The normalized spacial score (nSPS) is 11.7. The molecule has 0 unspecified atom stereocenters. The highest BCUT2D eigenvalue weighted by Gasteiger charge is 2.25. The van der Waals surface area contributed by atoms with Crippen molar-refractivity contribution < 1.29 is 9.59 Å². The molecule has 26 heavy (non-hydrogen) atoms. The molecule has 0 aliphatic rings. The highest BCUT2D eigenvalue weighted by atomic mass is 35.5. The number of amides is 2. The van der Waals surface area contributed by atoms with Crippen molar-refractivity contribution in [2.75, 3.05) is 12.8 Å². The minimum Gasteiger partial charge on any atom is -0.357 e. The minimum atomic E-state index is -0.599. The summed E-state index contributed by atoms with van der Waals surface area (Å²) < 4.78 is 0. The third kappa shape index (κ3) is 5.66. The molecule has 0 aliphatic carbocycles. The number of likely N-dealkylation sites (N-methyl/N-ethyl adjacent to an activating group) is 1. The summed E-state index contributed by atoms with van der Waals surface area (Å²) in [5.41, 5.74) is 0.813. The van der Waals surface area contributed by atoms with Gasteiger partial charge >= 0.3 is 0 Å². The molecule has 2 aromatic rings. The van der Waals surface area contributed by atoms with Crippen LogP contribution in [0.25, 0.3) is 0 Å². The molecule has 0 aromatic heterocycles. The van der Waals surface area contributed by atoms with E-state index in [2.05, 4.69) is 5.32 Å². The molecule has 1 N–H and O–H groups in total. The lowest BCUT2D eigenvalue weighted by Crippen LogP contribution is -2.47. The Hall–Kier alpha value is -1.69. The molecule has 0 aliphatic heterocycles. The average Bonchev–Trinajstić information content (AvgIpc) is 2.66. The van der Waals surface area contributed by atoms with Crippen LogP contribution in [-0.4, -0.2) is 35.6 Å². The monoisotopic (exact) mass is 410 g/mol. The molecule has 0 fully saturated rings. The number of hydrogen-bond donors (Lipinski definition) is 1. The summed E-state index contributed by atoms with van der Waals surface area (Å²) in [6.45, 7) is 1.99. The van der Waals surface area contributed by atoms with Crippen LogP contribution in [0.1, 0.15) is 12.5 Å². The number of carbonyl (C=O) groups is 2. The minimum absolute atomic E-state index is 0.124. The first kappa shape index (κ1) is 20.6. The second kappa shape index (κ2) is 9.86. The molecular formula is C19H20Cl2N2O2S. The van der Waals surface area contributed by atoms with Crippen LogP contribution in [0, 0.1) is 0 Å². The summed E-state index contributed by atoms with van der Waals surface area (Å²) in [6, 6.07) is 14.3. The molecule has 0 bridgehead atoms. The fraction of sp³-hybridized carbons (Fsp3) is 0.263. The Balaban J connectivity index is 2.15. The summed E-state index contributed by atoms with van der Waals surface area (Å²) in [7, 11) is 1.55. The van der Waals surface area contributed by atoms with Gasteiger partial charge in [-0.15, -0.1) is 11.8 Å². The predicted octanol–water partition coefficient (Wildman–Crippen LogP) is 4.25. The van der Waals surface area contributed by atoms with Gasteiger partial charge in [0.25, 0.3) is 0 Å². The van der Waals surface area contributed by atoms with E-state index in [1.54, 1.807) is 37.1 Å². The van der Waals surface area contributed by atoms with E-state index in [9.17, 15) is 9.59 Å². The molecule has 2 amide bonds. The summed E-state index contributed by atoms with van der Waals surface area (Å²) in [6.07, 6.45) is 0. The third-order valence-electron chi connectivity index (χ3n) is 3.86. The number of nitrogens with zero attached hydrogens (tertiary/aromatic N) is 1. The molecule has 2 aromatic carbocycles. The average molecular weight is 411 g/mol. The number of thioether (sulfide) groups is 1. The zero-order valence-electron chi connectivity index (χ0n) is 14.5. The number of nitrogens with one attached hydrogen (secondary N) is 1. The lowest BCUT2D eigenvalue weighted by Gasteiger charge is -2.28. The number of halogens is 2. The van der Waals surface area contributed by atoms with Crippen LogP contribution < -0.4 is 5.32 Å². The Kier molecular flexibility index (Phi) is 7.82. The first-order chi connectivity index (χ1) is 12.4.